The summed E-state index contributed by atoms with van der Waals surface area (Å²) in [6, 6.07) is 0.276. The standard InChI is InChI=1S/C8H14N2O2/c11-8(6-1-2-9-3-6)10-7-4-12-5-7/h6-7,9H,1-5H2,(H,10,11). The van der Waals surface area contributed by atoms with Crippen LogP contribution in [-0.4, -0.2) is 38.3 Å². The molecule has 2 aliphatic rings. The second-order valence-electron chi connectivity index (χ2n) is 3.43. The molecule has 0 aromatic rings. The first-order valence-corrected chi connectivity index (χ1v) is 4.45. The number of hydrogen-bond acceptors (Lipinski definition) is 3. The summed E-state index contributed by atoms with van der Waals surface area (Å²) < 4.78 is 4.97. The van der Waals surface area contributed by atoms with Crippen LogP contribution in [0.1, 0.15) is 6.42 Å². The topological polar surface area (TPSA) is 50.4 Å². The van der Waals surface area contributed by atoms with Crippen molar-refractivity contribution in [3.05, 3.63) is 0 Å². The van der Waals surface area contributed by atoms with Gasteiger partial charge in [0.1, 0.15) is 0 Å². The van der Waals surface area contributed by atoms with E-state index in [1.807, 2.05) is 0 Å². The second-order valence-corrected chi connectivity index (χ2v) is 3.43. The van der Waals surface area contributed by atoms with E-state index in [4.69, 9.17) is 4.74 Å². The Morgan fingerprint density at radius 1 is 1.50 bits per heavy atom. The average molecular weight is 170 g/mol. The van der Waals surface area contributed by atoms with Crippen molar-refractivity contribution in [2.75, 3.05) is 26.3 Å². The minimum absolute atomic E-state index is 0.186. The molecule has 0 aromatic carbocycles. The number of carbonyl (C=O) groups excluding carboxylic acids is 1. The number of amides is 1. The average Bonchev–Trinajstić information content (AvgIpc) is 2.47. The van der Waals surface area contributed by atoms with Gasteiger partial charge in [-0.05, 0) is 13.0 Å². The molecule has 2 fully saturated rings. The zero-order valence-corrected chi connectivity index (χ0v) is 7.01. The van der Waals surface area contributed by atoms with Crippen molar-refractivity contribution < 1.29 is 9.53 Å². The van der Waals surface area contributed by atoms with E-state index in [9.17, 15) is 4.79 Å². The van der Waals surface area contributed by atoms with Crippen molar-refractivity contribution in [3.63, 3.8) is 0 Å². The van der Waals surface area contributed by atoms with Crippen LogP contribution in [0.4, 0.5) is 0 Å². The lowest BCUT2D eigenvalue weighted by atomic mass is 10.1. The summed E-state index contributed by atoms with van der Waals surface area (Å²) in [6.07, 6.45) is 0.972. The van der Waals surface area contributed by atoms with Gasteiger partial charge in [0.05, 0.1) is 25.2 Å². The molecular formula is C8H14N2O2. The van der Waals surface area contributed by atoms with Crippen LogP contribution < -0.4 is 10.6 Å². The molecule has 2 N–H and O–H groups in total. The second kappa shape index (κ2) is 3.41. The highest BCUT2D eigenvalue weighted by molar-refractivity contribution is 5.79. The van der Waals surface area contributed by atoms with Crippen molar-refractivity contribution in [1.29, 1.82) is 0 Å². The number of ether oxygens (including phenoxy) is 1. The predicted molar refractivity (Wildman–Crippen MR) is 43.7 cm³/mol. The molecule has 68 valence electrons. The Labute approximate surface area is 71.7 Å². The Balaban J connectivity index is 1.74. The highest BCUT2D eigenvalue weighted by Crippen LogP contribution is 2.09. The van der Waals surface area contributed by atoms with Gasteiger partial charge in [-0.25, -0.2) is 0 Å². The number of carbonyl (C=O) groups is 1. The van der Waals surface area contributed by atoms with E-state index in [2.05, 4.69) is 10.6 Å². The minimum atomic E-state index is 0.186. The van der Waals surface area contributed by atoms with Gasteiger partial charge in [0.25, 0.3) is 0 Å². The zero-order chi connectivity index (χ0) is 8.39. The van der Waals surface area contributed by atoms with E-state index >= 15 is 0 Å². The number of rotatable bonds is 2. The van der Waals surface area contributed by atoms with E-state index < -0.39 is 0 Å². The maximum absolute atomic E-state index is 11.4. The summed E-state index contributed by atoms with van der Waals surface area (Å²) >= 11 is 0. The Bertz CT molecular complexity index is 174. The van der Waals surface area contributed by atoms with Crippen molar-refractivity contribution in [2.24, 2.45) is 5.92 Å². The van der Waals surface area contributed by atoms with Crippen LogP contribution in [0, 0.1) is 5.92 Å². The first kappa shape index (κ1) is 8.01. The molecule has 2 rings (SSSR count). The van der Waals surface area contributed by atoms with Crippen LogP contribution >= 0.6 is 0 Å². The summed E-state index contributed by atoms with van der Waals surface area (Å²) in [7, 11) is 0. The molecular weight excluding hydrogens is 156 g/mol. The lowest BCUT2D eigenvalue weighted by Gasteiger charge is -2.27. The van der Waals surface area contributed by atoms with Gasteiger partial charge in [0.2, 0.25) is 5.91 Å². The summed E-state index contributed by atoms with van der Waals surface area (Å²) in [5, 5.41) is 6.12. The molecule has 0 spiro atoms. The van der Waals surface area contributed by atoms with Crippen LogP contribution in [0.3, 0.4) is 0 Å². The van der Waals surface area contributed by atoms with Crippen molar-refractivity contribution in [2.45, 2.75) is 12.5 Å². The fourth-order valence-corrected chi connectivity index (χ4v) is 1.52. The third-order valence-electron chi connectivity index (χ3n) is 2.42. The third kappa shape index (κ3) is 1.59. The molecule has 1 atom stereocenters. The molecule has 4 heteroatoms. The molecule has 0 saturated carbocycles. The van der Waals surface area contributed by atoms with Crippen molar-refractivity contribution >= 4 is 5.91 Å². The molecule has 2 heterocycles. The SMILES string of the molecule is O=C(NC1COC1)C1CCNC1. The lowest BCUT2D eigenvalue weighted by Crippen LogP contribution is -2.50. The smallest absolute Gasteiger partial charge is 0.224 e. The van der Waals surface area contributed by atoms with Gasteiger partial charge in [-0.3, -0.25) is 4.79 Å². The third-order valence-corrected chi connectivity index (χ3v) is 2.42. The predicted octanol–water partition coefficient (Wildman–Crippen LogP) is -0.889. The summed E-state index contributed by atoms with van der Waals surface area (Å²) in [6.45, 7) is 3.18. The fourth-order valence-electron chi connectivity index (χ4n) is 1.52. The highest BCUT2D eigenvalue weighted by Gasteiger charge is 2.27. The molecule has 1 unspecified atom stereocenters. The van der Waals surface area contributed by atoms with Crippen molar-refractivity contribution in [3.8, 4) is 0 Å². The van der Waals surface area contributed by atoms with Crippen molar-refractivity contribution in [1.82, 2.24) is 10.6 Å². The summed E-state index contributed by atoms with van der Waals surface area (Å²) in [5.74, 6) is 0.374. The van der Waals surface area contributed by atoms with E-state index in [-0.39, 0.29) is 17.9 Å². The van der Waals surface area contributed by atoms with E-state index in [0.29, 0.717) is 13.2 Å². The fraction of sp³-hybridized carbons (Fsp3) is 0.875. The van der Waals surface area contributed by atoms with Crippen LogP contribution in [0.15, 0.2) is 0 Å². The van der Waals surface area contributed by atoms with Gasteiger partial charge in [-0.1, -0.05) is 0 Å². The highest BCUT2D eigenvalue weighted by atomic mass is 16.5. The van der Waals surface area contributed by atoms with E-state index in [1.54, 1.807) is 0 Å². The molecule has 2 aliphatic heterocycles. The monoisotopic (exact) mass is 170 g/mol. The molecule has 4 nitrogen and oxygen atoms in total. The normalized spacial score (nSPS) is 29.8. The van der Waals surface area contributed by atoms with Crippen LogP contribution in [0.25, 0.3) is 0 Å². The maximum Gasteiger partial charge on any atom is 0.224 e. The summed E-state index contributed by atoms with van der Waals surface area (Å²) in [5.41, 5.74) is 0. The first-order valence-electron chi connectivity index (χ1n) is 4.45. The van der Waals surface area contributed by atoms with E-state index in [0.717, 1.165) is 19.5 Å². The van der Waals surface area contributed by atoms with Gasteiger partial charge < -0.3 is 15.4 Å². The quantitative estimate of drug-likeness (QED) is 0.565. The minimum Gasteiger partial charge on any atom is -0.377 e. The Hall–Kier alpha value is -0.610. The molecule has 2 saturated heterocycles. The van der Waals surface area contributed by atoms with Crippen LogP contribution in [0.2, 0.25) is 0 Å². The Morgan fingerprint density at radius 2 is 2.33 bits per heavy atom. The van der Waals surface area contributed by atoms with Gasteiger partial charge in [0.15, 0.2) is 0 Å². The van der Waals surface area contributed by atoms with Gasteiger partial charge in [-0.2, -0.15) is 0 Å². The molecule has 0 bridgehead atoms. The Morgan fingerprint density at radius 3 is 2.83 bits per heavy atom. The Kier molecular flexibility index (Phi) is 2.28. The first-order chi connectivity index (χ1) is 5.86. The molecule has 12 heavy (non-hydrogen) atoms. The van der Waals surface area contributed by atoms with Crippen LogP contribution in [0.5, 0.6) is 0 Å². The lowest BCUT2D eigenvalue weighted by molar-refractivity contribution is -0.128. The molecule has 1 amide bonds. The zero-order valence-electron chi connectivity index (χ0n) is 7.01. The summed E-state index contributed by atoms with van der Waals surface area (Å²) in [4.78, 5) is 11.4. The molecule has 0 aliphatic carbocycles. The van der Waals surface area contributed by atoms with Gasteiger partial charge in [0, 0.05) is 6.54 Å². The maximum atomic E-state index is 11.4. The van der Waals surface area contributed by atoms with Crippen LogP contribution in [-0.2, 0) is 9.53 Å². The molecule has 0 aromatic heterocycles. The number of hydrogen-bond donors (Lipinski definition) is 2. The largest absolute Gasteiger partial charge is 0.377 e. The number of nitrogens with one attached hydrogen (secondary N) is 2. The van der Waals surface area contributed by atoms with E-state index in [1.165, 1.54) is 0 Å². The van der Waals surface area contributed by atoms with Gasteiger partial charge >= 0.3 is 0 Å². The van der Waals surface area contributed by atoms with Gasteiger partial charge in [-0.15, -0.1) is 0 Å². The molecule has 0 radical (unpaired) electrons.